The molecule has 0 bridgehead atoms. The third kappa shape index (κ3) is 4.10. The lowest BCUT2D eigenvalue weighted by atomic mass is 10.1. The fraction of sp³-hybridized carbons (Fsp3) is 0.100. The lowest BCUT2D eigenvalue weighted by Crippen LogP contribution is -2.18. The van der Waals surface area contributed by atoms with E-state index in [1.165, 1.54) is 12.4 Å². The van der Waals surface area contributed by atoms with Gasteiger partial charge in [0.1, 0.15) is 11.5 Å². The maximum Gasteiger partial charge on any atom is 0.150 e. The molecule has 0 atom stereocenters. The molecule has 0 heterocycles. The zero-order valence-electron chi connectivity index (χ0n) is 14.6. The Labute approximate surface area is 150 Å². The van der Waals surface area contributed by atoms with Crippen LogP contribution in [0.3, 0.4) is 0 Å². The molecule has 0 amide bonds. The number of methoxy groups -OCH3 is 2. The van der Waals surface area contributed by atoms with Gasteiger partial charge >= 0.3 is 0 Å². The molecule has 0 aliphatic carbocycles. The van der Waals surface area contributed by atoms with Crippen molar-refractivity contribution in [2.45, 2.75) is 0 Å². The average Bonchev–Trinajstić information content (AvgIpc) is 2.66. The summed E-state index contributed by atoms with van der Waals surface area (Å²) >= 11 is 0. The van der Waals surface area contributed by atoms with Crippen LogP contribution in [-0.4, -0.2) is 26.8 Å². The van der Waals surface area contributed by atoms with Gasteiger partial charge < -0.3 is 9.47 Å². The Morgan fingerprint density at radius 2 is 1.19 bits per heavy atom. The Morgan fingerprint density at radius 1 is 0.769 bits per heavy atom. The highest BCUT2D eigenvalue weighted by Crippen LogP contribution is 2.06. The minimum Gasteiger partial charge on any atom is -0.496 e. The third-order valence-corrected chi connectivity index (χ3v) is 3.71. The van der Waals surface area contributed by atoms with E-state index in [1.54, 1.807) is 38.5 Å². The minimum atomic E-state index is 0.334. The molecule has 0 aliphatic heterocycles. The number of ether oxygens (including phenoxy) is 2. The normalized spacial score (nSPS) is 10.4. The molecule has 0 unspecified atom stereocenters. The van der Waals surface area contributed by atoms with Gasteiger partial charge in [0.05, 0.1) is 31.8 Å². The summed E-state index contributed by atoms with van der Waals surface area (Å²) in [6.45, 7) is 7.61. The van der Waals surface area contributed by atoms with Gasteiger partial charge in [-0.05, 0) is 34.7 Å². The van der Waals surface area contributed by atoms with E-state index >= 15 is 0 Å². The minimum absolute atomic E-state index is 0.334. The first-order valence-electron chi connectivity index (χ1n) is 7.58. The van der Waals surface area contributed by atoms with Gasteiger partial charge in [0.25, 0.3) is 0 Å². The number of carbonyl (C=O) groups excluding carboxylic acids is 2. The van der Waals surface area contributed by atoms with E-state index in [1.807, 2.05) is 0 Å². The van der Waals surface area contributed by atoms with Gasteiger partial charge in [-0.15, -0.1) is 0 Å². The van der Waals surface area contributed by atoms with Crippen molar-refractivity contribution < 1.29 is 19.1 Å². The van der Waals surface area contributed by atoms with Gasteiger partial charge in [-0.25, -0.2) is 0 Å². The third-order valence-electron chi connectivity index (χ3n) is 3.71. The molecular weight excluding hydrogens is 332 g/mol. The van der Waals surface area contributed by atoms with Crippen LogP contribution in [0.4, 0.5) is 0 Å². The number of rotatable bonds is 6. The Kier molecular flexibility index (Phi) is 6.16. The van der Waals surface area contributed by atoms with Crippen molar-refractivity contribution >= 4 is 38.1 Å². The highest BCUT2D eigenvalue weighted by molar-refractivity contribution is 5.82. The Bertz CT molecular complexity index is 1020. The molecule has 0 aromatic heterocycles. The second-order valence-electron chi connectivity index (χ2n) is 5.31. The maximum absolute atomic E-state index is 11.1. The van der Waals surface area contributed by atoms with Crippen molar-refractivity contribution in [2.24, 2.45) is 10.2 Å². The van der Waals surface area contributed by atoms with Crippen molar-refractivity contribution in [2.75, 3.05) is 14.2 Å². The summed E-state index contributed by atoms with van der Waals surface area (Å²) < 4.78 is 10.5. The number of aldehydes is 2. The standard InChI is InChI=1S/C20H18N2O4/c1-13-17(11-23)5-15(6-18(13)12-24)9-21-22-10-16-7-19(25-3)14(2)20(8-16)26-4/h5-12H,1-2H2,3-4H3. The summed E-state index contributed by atoms with van der Waals surface area (Å²) in [7, 11) is 3.09. The van der Waals surface area contributed by atoms with E-state index in [-0.39, 0.29) is 0 Å². The van der Waals surface area contributed by atoms with E-state index in [0.29, 0.717) is 50.9 Å². The molecule has 132 valence electrons. The second-order valence-corrected chi connectivity index (χ2v) is 5.31. The summed E-state index contributed by atoms with van der Waals surface area (Å²) in [6.07, 6.45) is 4.27. The van der Waals surface area contributed by atoms with E-state index in [2.05, 4.69) is 23.4 Å². The average molecular weight is 350 g/mol. The molecule has 6 nitrogen and oxygen atoms in total. The number of hydrogen-bond donors (Lipinski definition) is 0. The van der Waals surface area contributed by atoms with Crippen LogP contribution in [0.25, 0.3) is 25.6 Å². The largest absolute Gasteiger partial charge is 0.496 e. The predicted octanol–water partition coefficient (Wildman–Crippen LogP) is 0.778. The van der Waals surface area contributed by atoms with Crippen molar-refractivity contribution in [1.82, 2.24) is 0 Å². The Morgan fingerprint density at radius 3 is 1.58 bits per heavy atom. The first-order valence-corrected chi connectivity index (χ1v) is 7.58. The number of benzene rings is 2. The molecule has 0 fully saturated rings. The number of azo groups is 1. The maximum atomic E-state index is 11.1. The van der Waals surface area contributed by atoms with E-state index in [4.69, 9.17) is 9.47 Å². The molecule has 0 saturated heterocycles. The van der Waals surface area contributed by atoms with Crippen molar-refractivity contribution in [3.05, 3.63) is 56.3 Å². The molecule has 2 aromatic rings. The van der Waals surface area contributed by atoms with Gasteiger partial charge in [-0.3, -0.25) is 9.59 Å². The Balaban J connectivity index is 2.43. The van der Waals surface area contributed by atoms with Crippen molar-refractivity contribution in [3.63, 3.8) is 0 Å². The highest BCUT2D eigenvalue weighted by atomic mass is 16.5. The lowest BCUT2D eigenvalue weighted by Gasteiger charge is -2.05. The van der Waals surface area contributed by atoms with Crippen LogP contribution in [0.15, 0.2) is 34.5 Å². The van der Waals surface area contributed by atoms with Crippen LogP contribution in [-0.2, 0) is 0 Å². The second kappa shape index (κ2) is 8.53. The molecule has 26 heavy (non-hydrogen) atoms. The van der Waals surface area contributed by atoms with Crippen LogP contribution < -0.4 is 30.3 Å². The quantitative estimate of drug-likeness (QED) is 0.570. The van der Waals surface area contributed by atoms with E-state index in [0.717, 1.165) is 5.22 Å². The first-order chi connectivity index (χ1) is 12.5. The molecule has 2 aromatic carbocycles. The smallest absolute Gasteiger partial charge is 0.150 e. The Hall–Kier alpha value is -3.54. The van der Waals surface area contributed by atoms with Crippen LogP contribution in [0.2, 0.25) is 0 Å². The highest BCUT2D eigenvalue weighted by Gasteiger charge is 2.01. The summed E-state index contributed by atoms with van der Waals surface area (Å²) in [5, 5.41) is 10.2. The topological polar surface area (TPSA) is 77.3 Å². The molecular formula is C20H18N2O4. The van der Waals surface area contributed by atoms with Gasteiger partial charge in [0.2, 0.25) is 0 Å². The molecule has 0 N–H and O–H groups in total. The number of hydrogen-bond acceptors (Lipinski definition) is 6. The van der Waals surface area contributed by atoms with E-state index < -0.39 is 0 Å². The summed E-state index contributed by atoms with van der Waals surface area (Å²) in [5.74, 6) is 1.15. The summed E-state index contributed by atoms with van der Waals surface area (Å²) in [6, 6.07) is 6.70. The lowest BCUT2D eigenvalue weighted by molar-refractivity contribution is 0.112. The zero-order valence-corrected chi connectivity index (χ0v) is 14.6. The van der Waals surface area contributed by atoms with Crippen LogP contribution in [0, 0.1) is 0 Å². The monoisotopic (exact) mass is 350 g/mol. The SMILES string of the molecule is C=c1c(C=O)cc(=CN=NC=c2cc(OC)c(=C)c(OC)c2)cc1C=O. The van der Waals surface area contributed by atoms with Gasteiger partial charge in [0, 0.05) is 16.3 Å². The molecule has 0 saturated carbocycles. The fourth-order valence-corrected chi connectivity index (χ4v) is 2.31. The summed E-state index contributed by atoms with van der Waals surface area (Å²) in [4.78, 5) is 22.1. The number of nitrogens with zero attached hydrogens (tertiary/aromatic N) is 2. The molecule has 2 rings (SSSR count). The van der Waals surface area contributed by atoms with E-state index in [9.17, 15) is 9.59 Å². The van der Waals surface area contributed by atoms with Crippen LogP contribution in [0.5, 0.6) is 11.5 Å². The van der Waals surface area contributed by atoms with Gasteiger partial charge in [-0.2, -0.15) is 10.2 Å². The van der Waals surface area contributed by atoms with Crippen molar-refractivity contribution in [1.29, 1.82) is 0 Å². The predicted molar refractivity (Wildman–Crippen MR) is 100 cm³/mol. The molecule has 6 heteroatoms. The summed E-state index contributed by atoms with van der Waals surface area (Å²) in [5.41, 5.74) is 0.668. The van der Waals surface area contributed by atoms with Crippen LogP contribution in [0.1, 0.15) is 20.7 Å². The zero-order chi connectivity index (χ0) is 19.1. The first kappa shape index (κ1) is 18.8. The fourth-order valence-electron chi connectivity index (χ4n) is 2.31. The van der Waals surface area contributed by atoms with Gasteiger partial charge in [0.15, 0.2) is 12.6 Å². The number of carbonyl (C=O) groups is 2. The molecule has 0 radical (unpaired) electrons. The van der Waals surface area contributed by atoms with Gasteiger partial charge in [-0.1, -0.05) is 13.2 Å². The molecule has 0 spiro atoms. The van der Waals surface area contributed by atoms with Crippen molar-refractivity contribution in [3.8, 4) is 11.5 Å². The van der Waals surface area contributed by atoms with Crippen LogP contribution >= 0.6 is 0 Å². The molecule has 0 aliphatic rings.